The van der Waals surface area contributed by atoms with Gasteiger partial charge in [0.25, 0.3) is 5.91 Å². The predicted octanol–water partition coefficient (Wildman–Crippen LogP) is 3.72. The molecule has 1 aromatic carbocycles. The highest BCUT2D eigenvalue weighted by molar-refractivity contribution is 7.13. The molecule has 0 fully saturated rings. The molecule has 1 aromatic heterocycles. The van der Waals surface area contributed by atoms with Gasteiger partial charge in [0, 0.05) is 17.5 Å². The number of rotatable bonds is 8. The molecule has 128 valence electrons. The maximum absolute atomic E-state index is 12.7. The highest BCUT2D eigenvalue weighted by Gasteiger charge is 2.19. The predicted molar refractivity (Wildman–Crippen MR) is 97.4 cm³/mol. The van der Waals surface area contributed by atoms with Gasteiger partial charge >= 0.3 is 0 Å². The average Bonchev–Trinajstić information content (AvgIpc) is 2.99. The van der Waals surface area contributed by atoms with Gasteiger partial charge in [0.15, 0.2) is 5.13 Å². The monoisotopic (exact) mass is 345 g/mol. The van der Waals surface area contributed by atoms with Gasteiger partial charge in [-0.2, -0.15) is 0 Å². The molecule has 24 heavy (non-hydrogen) atoms. The summed E-state index contributed by atoms with van der Waals surface area (Å²) < 4.78 is 0. The van der Waals surface area contributed by atoms with Gasteiger partial charge in [-0.3, -0.25) is 9.59 Å². The standard InChI is InChI=1S/C18H23N3O2S/c1-3-4-8-11-21(17(23)15-9-6-5-7-10-15)12-16(22)20-18-19-14(2)13-24-18/h5-7,9-10,13H,3-4,8,11-12H2,1-2H3,(H,19,20,22). The smallest absolute Gasteiger partial charge is 0.254 e. The Morgan fingerprint density at radius 1 is 1.21 bits per heavy atom. The summed E-state index contributed by atoms with van der Waals surface area (Å²) in [6.45, 7) is 4.60. The quantitative estimate of drug-likeness (QED) is 0.742. The number of benzene rings is 1. The molecular weight excluding hydrogens is 322 g/mol. The van der Waals surface area contributed by atoms with E-state index in [1.807, 2.05) is 30.5 Å². The van der Waals surface area contributed by atoms with E-state index in [9.17, 15) is 9.59 Å². The molecule has 2 amide bonds. The lowest BCUT2D eigenvalue weighted by molar-refractivity contribution is -0.116. The highest BCUT2D eigenvalue weighted by atomic mass is 32.1. The minimum absolute atomic E-state index is 0.0378. The van der Waals surface area contributed by atoms with Crippen LogP contribution in [0.5, 0.6) is 0 Å². The summed E-state index contributed by atoms with van der Waals surface area (Å²) in [6.07, 6.45) is 2.99. The summed E-state index contributed by atoms with van der Waals surface area (Å²) >= 11 is 1.38. The second-order valence-electron chi connectivity index (χ2n) is 5.64. The van der Waals surface area contributed by atoms with Crippen LogP contribution in [0, 0.1) is 6.92 Å². The fourth-order valence-electron chi connectivity index (χ4n) is 2.31. The molecule has 0 aliphatic rings. The van der Waals surface area contributed by atoms with Gasteiger partial charge in [0.05, 0.1) is 5.69 Å². The van der Waals surface area contributed by atoms with Gasteiger partial charge in [-0.15, -0.1) is 11.3 Å². The maximum atomic E-state index is 12.7. The molecule has 0 bridgehead atoms. The molecule has 0 radical (unpaired) electrons. The van der Waals surface area contributed by atoms with Crippen LogP contribution in [-0.4, -0.2) is 34.8 Å². The van der Waals surface area contributed by atoms with Crippen molar-refractivity contribution in [2.24, 2.45) is 0 Å². The zero-order valence-corrected chi connectivity index (χ0v) is 14.9. The summed E-state index contributed by atoms with van der Waals surface area (Å²) in [4.78, 5) is 30.8. The molecule has 0 spiro atoms. The second-order valence-corrected chi connectivity index (χ2v) is 6.50. The number of hydrogen-bond donors (Lipinski definition) is 1. The van der Waals surface area contributed by atoms with Crippen molar-refractivity contribution in [1.29, 1.82) is 0 Å². The van der Waals surface area contributed by atoms with Gasteiger partial charge < -0.3 is 10.2 Å². The first-order chi connectivity index (χ1) is 11.6. The highest BCUT2D eigenvalue weighted by Crippen LogP contribution is 2.14. The molecule has 5 nitrogen and oxygen atoms in total. The molecule has 0 saturated carbocycles. The van der Waals surface area contributed by atoms with Crippen molar-refractivity contribution >= 4 is 28.3 Å². The Kier molecular flexibility index (Phi) is 6.93. The van der Waals surface area contributed by atoms with Gasteiger partial charge in [0.1, 0.15) is 6.54 Å². The van der Waals surface area contributed by atoms with Crippen LogP contribution in [0.3, 0.4) is 0 Å². The van der Waals surface area contributed by atoms with E-state index in [4.69, 9.17) is 0 Å². The summed E-state index contributed by atoms with van der Waals surface area (Å²) in [5.41, 5.74) is 1.47. The normalized spacial score (nSPS) is 10.4. The topological polar surface area (TPSA) is 62.3 Å². The second kappa shape index (κ2) is 9.17. The Labute approximate surface area is 146 Å². The first-order valence-electron chi connectivity index (χ1n) is 8.16. The van der Waals surface area contributed by atoms with Crippen molar-refractivity contribution in [2.75, 3.05) is 18.4 Å². The van der Waals surface area contributed by atoms with Crippen molar-refractivity contribution in [2.45, 2.75) is 33.1 Å². The lowest BCUT2D eigenvalue weighted by Gasteiger charge is -2.22. The Morgan fingerprint density at radius 2 is 1.96 bits per heavy atom. The van der Waals surface area contributed by atoms with Crippen LogP contribution in [0.4, 0.5) is 5.13 Å². The van der Waals surface area contributed by atoms with E-state index in [1.54, 1.807) is 17.0 Å². The molecule has 0 aliphatic heterocycles. The Balaban J connectivity index is 2.02. The molecular formula is C18H23N3O2S. The average molecular weight is 345 g/mol. The summed E-state index contributed by atoms with van der Waals surface area (Å²) in [5.74, 6) is -0.331. The molecule has 6 heteroatoms. The lowest BCUT2D eigenvalue weighted by atomic mass is 10.2. The number of aromatic nitrogens is 1. The molecule has 1 heterocycles. The zero-order chi connectivity index (χ0) is 17.4. The van der Waals surface area contributed by atoms with E-state index in [-0.39, 0.29) is 18.4 Å². The maximum Gasteiger partial charge on any atom is 0.254 e. The number of amides is 2. The third-order valence-corrected chi connectivity index (χ3v) is 4.41. The summed E-state index contributed by atoms with van der Waals surface area (Å²) in [6, 6.07) is 9.08. The van der Waals surface area contributed by atoms with Crippen LogP contribution in [0.25, 0.3) is 0 Å². The first-order valence-corrected chi connectivity index (χ1v) is 9.04. The van der Waals surface area contributed by atoms with Gasteiger partial charge in [0.2, 0.25) is 5.91 Å². The number of anilines is 1. The van der Waals surface area contributed by atoms with Crippen LogP contribution >= 0.6 is 11.3 Å². The summed E-state index contributed by atoms with van der Waals surface area (Å²) in [7, 11) is 0. The number of carbonyl (C=O) groups is 2. The third kappa shape index (κ3) is 5.45. The van der Waals surface area contributed by atoms with Gasteiger partial charge in [-0.1, -0.05) is 38.0 Å². The lowest BCUT2D eigenvalue weighted by Crippen LogP contribution is -2.38. The minimum Gasteiger partial charge on any atom is -0.329 e. The van der Waals surface area contributed by atoms with Crippen LogP contribution < -0.4 is 5.32 Å². The van der Waals surface area contributed by atoms with Gasteiger partial charge in [-0.05, 0) is 25.5 Å². The number of nitrogens with one attached hydrogen (secondary N) is 1. The van der Waals surface area contributed by atoms with Crippen molar-refractivity contribution in [3.05, 3.63) is 47.0 Å². The van der Waals surface area contributed by atoms with E-state index in [0.717, 1.165) is 25.0 Å². The van der Waals surface area contributed by atoms with Crippen molar-refractivity contribution in [1.82, 2.24) is 9.88 Å². The number of nitrogens with zero attached hydrogens (tertiary/aromatic N) is 2. The van der Waals surface area contributed by atoms with Gasteiger partial charge in [-0.25, -0.2) is 4.98 Å². The van der Waals surface area contributed by atoms with Crippen molar-refractivity contribution < 1.29 is 9.59 Å². The Morgan fingerprint density at radius 3 is 2.58 bits per heavy atom. The van der Waals surface area contributed by atoms with E-state index in [0.29, 0.717) is 17.2 Å². The zero-order valence-electron chi connectivity index (χ0n) is 14.1. The fourth-order valence-corrected chi connectivity index (χ4v) is 3.02. The number of unbranched alkanes of at least 4 members (excludes halogenated alkanes) is 2. The number of thiazole rings is 1. The van der Waals surface area contributed by atoms with Crippen LogP contribution in [0.1, 0.15) is 42.2 Å². The largest absolute Gasteiger partial charge is 0.329 e. The number of aryl methyl sites for hydroxylation is 1. The Bertz CT molecular complexity index is 670. The van der Waals surface area contributed by atoms with E-state index in [2.05, 4.69) is 17.2 Å². The minimum atomic E-state index is -0.217. The Hall–Kier alpha value is -2.21. The van der Waals surface area contributed by atoms with Crippen LogP contribution in [0.15, 0.2) is 35.7 Å². The number of hydrogen-bond acceptors (Lipinski definition) is 4. The van der Waals surface area contributed by atoms with E-state index >= 15 is 0 Å². The fraction of sp³-hybridized carbons (Fsp3) is 0.389. The van der Waals surface area contributed by atoms with Crippen LogP contribution in [-0.2, 0) is 4.79 Å². The van der Waals surface area contributed by atoms with Crippen molar-refractivity contribution in [3.8, 4) is 0 Å². The van der Waals surface area contributed by atoms with E-state index < -0.39 is 0 Å². The first kappa shape index (κ1) is 18.1. The molecule has 2 aromatic rings. The number of carbonyl (C=O) groups excluding carboxylic acids is 2. The molecule has 1 N–H and O–H groups in total. The molecule has 0 aliphatic carbocycles. The molecule has 0 atom stereocenters. The third-order valence-electron chi connectivity index (χ3n) is 3.54. The molecule has 0 saturated heterocycles. The van der Waals surface area contributed by atoms with E-state index in [1.165, 1.54) is 11.3 Å². The molecule has 2 rings (SSSR count). The summed E-state index contributed by atoms with van der Waals surface area (Å²) in [5, 5.41) is 5.21. The molecule has 0 unspecified atom stereocenters. The van der Waals surface area contributed by atoms with Crippen LogP contribution in [0.2, 0.25) is 0 Å². The SMILES string of the molecule is CCCCCN(CC(=O)Nc1nc(C)cs1)C(=O)c1ccccc1. The van der Waals surface area contributed by atoms with Crippen molar-refractivity contribution in [3.63, 3.8) is 0 Å².